The lowest BCUT2D eigenvalue weighted by atomic mass is 10.1. The van der Waals surface area contributed by atoms with E-state index in [2.05, 4.69) is 5.32 Å². The molecule has 0 aliphatic carbocycles. The summed E-state index contributed by atoms with van der Waals surface area (Å²) in [4.78, 5) is 50.8. The molecule has 1 aliphatic rings. The third-order valence-electron chi connectivity index (χ3n) is 4.53. The van der Waals surface area contributed by atoms with Crippen LogP contribution in [0.15, 0.2) is 42.5 Å². The van der Waals surface area contributed by atoms with E-state index in [1.165, 1.54) is 25.1 Å². The number of benzene rings is 2. The zero-order valence-electron chi connectivity index (χ0n) is 16.9. The van der Waals surface area contributed by atoms with Gasteiger partial charge in [0.2, 0.25) is 0 Å². The van der Waals surface area contributed by atoms with E-state index < -0.39 is 29.8 Å². The van der Waals surface area contributed by atoms with Crippen LogP contribution in [0.2, 0.25) is 0 Å². The molecular weight excluding hydrogens is 388 g/mol. The van der Waals surface area contributed by atoms with E-state index in [4.69, 9.17) is 9.47 Å². The zero-order chi connectivity index (χ0) is 21.8. The van der Waals surface area contributed by atoms with Gasteiger partial charge in [-0.25, -0.2) is 9.69 Å². The van der Waals surface area contributed by atoms with Gasteiger partial charge in [-0.2, -0.15) is 0 Å². The Hall–Kier alpha value is -3.68. The monoisotopic (exact) mass is 410 g/mol. The lowest BCUT2D eigenvalue weighted by molar-refractivity contribution is -0.128. The van der Waals surface area contributed by atoms with E-state index in [0.717, 1.165) is 4.90 Å². The molecule has 156 valence electrons. The predicted molar refractivity (Wildman–Crippen MR) is 109 cm³/mol. The van der Waals surface area contributed by atoms with Crippen LogP contribution < -0.4 is 15.0 Å². The first-order valence-electron chi connectivity index (χ1n) is 9.61. The molecule has 30 heavy (non-hydrogen) atoms. The first-order valence-corrected chi connectivity index (χ1v) is 9.61. The van der Waals surface area contributed by atoms with Crippen molar-refractivity contribution in [3.8, 4) is 5.75 Å². The Morgan fingerprint density at radius 1 is 1.00 bits per heavy atom. The zero-order valence-corrected chi connectivity index (χ0v) is 16.9. The van der Waals surface area contributed by atoms with E-state index >= 15 is 0 Å². The second-order valence-corrected chi connectivity index (χ2v) is 6.58. The molecule has 0 bridgehead atoms. The Balaban J connectivity index is 1.81. The second-order valence-electron chi connectivity index (χ2n) is 6.58. The highest BCUT2D eigenvalue weighted by molar-refractivity contribution is 6.34. The van der Waals surface area contributed by atoms with E-state index in [-0.39, 0.29) is 16.7 Å². The summed E-state index contributed by atoms with van der Waals surface area (Å²) in [5, 5.41) is 2.56. The summed E-state index contributed by atoms with van der Waals surface area (Å²) in [5.74, 6) is -1.55. The molecule has 0 unspecified atom stereocenters. The van der Waals surface area contributed by atoms with Gasteiger partial charge in [0.1, 0.15) is 5.75 Å². The summed E-state index contributed by atoms with van der Waals surface area (Å²) in [6, 6.07) is 10.7. The molecule has 1 atom stereocenters. The average Bonchev–Trinajstić information content (AvgIpc) is 2.99. The fourth-order valence-electron chi connectivity index (χ4n) is 3.06. The van der Waals surface area contributed by atoms with Gasteiger partial charge in [0, 0.05) is 6.54 Å². The molecule has 0 radical (unpaired) electrons. The highest BCUT2D eigenvalue weighted by Crippen LogP contribution is 2.30. The van der Waals surface area contributed by atoms with Crippen LogP contribution in [0.4, 0.5) is 5.69 Å². The number of carbonyl (C=O) groups is 4. The summed E-state index contributed by atoms with van der Waals surface area (Å²) < 4.78 is 10.5. The third-order valence-corrected chi connectivity index (χ3v) is 4.53. The Morgan fingerprint density at radius 2 is 1.67 bits per heavy atom. The third kappa shape index (κ3) is 4.03. The normalized spacial score (nSPS) is 13.6. The number of likely N-dealkylation sites (N-methyl/N-ethyl adjacent to an activating group) is 1. The highest BCUT2D eigenvalue weighted by atomic mass is 16.5. The van der Waals surface area contributed by atoms with Crippen LogP contribution in [0.25, 0.3) is 0 Å². The van der Waals surface area contributed by atoms with E-state index in [1.807, 2.05) is 6.92 Å². The topological polar surface area (TPSA) is 102 Å². The number of hydrogen-bond donors (Lipinski definition) is 1. The molecule has 1 heterocycles. The van der Waals surface area contributed by atoms with E-state index in [9.17, 15) is 19.2 Å². The molecule has 0 aromatic heterocycles. The van der Waals surface area contributed by atoms with Gasteiger partial charge in [-0.15, -0.1) is 0 Å². The molecule has 0 fully saturated rings. The van der Waals surface area contributed by atoms with Crippen molar-refractivity contribution in [2.75, 3.05) is 18.1 Å². The summed E-state index contributed by atoms with van der Waals surface area (Å²) in [6.07, 6.45) is -0.983. The van der Waals surface area contributed by atoms with Gasteiger partial charge in [-0.3, -0.25) is 14.4 Å². The number of hydrogen-bond acceptors (Lipinski definition) is 6. The van der Waals surface area contributed by atoms with Gasteiger partial charge < -0.3 is 14.8 Å². The van der Waals surface area contributed by atoms with Crippen molar-refractivity contribution in [3.05, 3.63) is 59.2 Å². The highest BCUT2D eigenvalue weighted by Gasteiger charge is 2.37. The van der Waals surface area contributed by atoms with Crippen molar-refractivity contribution >= 4 is 29.4 Å². The number of ether oxygens (including phenoxy) is 2. The Bertz CT molecular complexity index is 999. The fourth-order valence-corrected chi connectivity index (χ4v) is 3.06. The maximum absolute atomic E-state index is 12.9. The predicted octanol–water partition coefficient (Wildman–Crippen LogP) is 2.57. The smallest absolute Gasteiger partial charge is 0.338 e. The largest absolute Gasteiger partial charge is 0.494 e. The standard InChI is InChI=1S/C22H22N2O6/c1-4-23-19(25)13(3)30-22(28)14-6-11-17-18(12-14)21(27)24(20(17)26)15-7-9-16(10-8-15)29-5-2/h6-13H,4-5H2,1-3H3,(H,23,25)/t13-/m0/s1. The molecule has 0 spiro atoms. The fraction of sp³-hybridized carbons (Fsp3) is 0.273. The van der Waals surface area contributed by atoms with Gasteiger partial charge in [-0.05, 0) is 63.2 Å². The van der Waals surface area contributed by atoms with Crippen molar-refractivity contribution in [2.24, 2.45) is 0 Å². The van der Waals surface area contributed by atoms with Gasteiger partial charge in [0.25, 0.3) is 17.7 Å². The van der Waals surface area contributed by atoms with E-state index in [0.29, 0.717) is 24.6 Å². The lowest BCUT2D eigenvalue weighted by Crippen LogP contribution is -2.35. The number of nitrogens with zero attached hydrogens (tertiary/aromatic N) is 1. The molecule has 3 rings (SSSR count). The molecular formula is C22H22N2O6. The number of fused-ring (bicyclic) bond motifs is 1. The first kappa shape index (κ1) is 21.0. The number of amides is 3. The summed E-state index contributed by atoms with van der Waals surface area (Å²) in [7, 11) is 0. The quantitative estimate of drug-likeness (QED) is 0.556. The Labute approximate surface area is 173 Å². The van der Waals surface area contributed by atoms with Gasteiger partial charge in [0.15, 0.2) is 6.10 Å². The van der Waals surface area contributed by atoms with Crippen LogP contribution in [-0.2, 0) is 9.53 Å². The van der Waals surface area contributed by atoms with Crippen LogP contribution in [0.3, 0.4) is 0 Å². The summed E-state index contributed by atoms with van der Waals surface area (Å²) >= 11 is 0. The van der Waals surface area contributed by atoms with Gasteiger partial charge in [0.05, 0.1) is 29.0 Å². The minimum absolute atomic E-state index is 0.0830. The number of imide groups is 1. The molecule has 3 amide bonds. The van der Waals surface area contributed by atoms with Crippen LogP contribution in [-0.4, -0.2) is 42.9 Å². The Kier molecular flexibility index (Phi) is 6.15. The number of esters is 1. The van der Waals surface area contributed by atoms with Crippen LogP contribution in [0, 0.1) is 0 Å². The molecule has 0 saturated heterocycles. The maximum atomic E-state index is 12.9. The lowest BCUT2D eigenvalue weighted by Gasteiger charge is -2.14. The molecule has 0 saturated carbocycles. The van der Waals surface area contributed by atoms with Crippen LogP contribution >= 0.6 is 0 Å². The minimum atomic E-state index is -0.983. The second kappa shape index (κ2) is 8.77. The van der Waals surface area contributed by atoms with Crippen molar-refractivity contribution in [3.63, 3.8) is 0 Å². The SMILES string of the molecule is CCNC(=O)[C@H](C)OC(=O)c1ccc2c(c1)C(=O)N(c1ccc(OCC)cc1)C2=O. The first-order chi connectivity index (χ1) is 14.4. The van der Waals surface area contributed by atoms with Crippen molar-refractivity contribution in [1.29, 1.82) is 0 Å². The van der Waals surface area contributed by atoms with Crippen molar-refractivity contribution in [1.82, 2.24) is 5.32 Å². The molecule has 8 heteroatoms. The molecule has 8 nitrogen and oxygen atoms in total. The Morgan fingerprint density at radius 3 is 2.30 bits per heavy atom. The van der Waals surface area contributed by atoms with Gasteiger partial charge >= 0.3 is 5.97 Å². The average molecular weight is 410 g/mol. The molecule has 2 aromatic carbocycles. The molecule has 2 aromatic rings. The number of anilines is 1. The van der Waals surface area contributed by atoms with Crippen LogP contribution in [0.5, 0.6) is 5.75 Å². The van der Waals surface area contributed by atoms with Gasteiger partial charge in [-0.1, -0.05) is 0 Å². The molecule has 1 aliphatic heterocycles. The molecule has 1 N–H and O–H groups in total. The van der Waals surface area contributed by atoms with E-state index in [1.54, 1.807) is 31.2 Å². The number of rotatable bonds is 7. The number of carbonyl (C=O) groups excluding carboxylic acids is 4. The minimum Gasteiger partial charge on any atom is -0.494 e. The van der Waals surface area contributed by atoms with Crippen LogP contribution in [0.1, 0.15) is 51.8 Å². The summed E-state index contributed by atoms with van der Waals surface area (Å²) in [5.41, 5.74) is 0.787. The number of nitrogens with one attached hydrogen (secondary N) is 1. The van der Waals surface area contributed by atoms with Crippen molar-refractivity contribution in [2.45, 2.75) is 26.9 Å². The summed E-state index contributed by atoms with van der Waals surface area (Å²) in [6.45, 7) is 5.99. The maximum Gasteiger partial charge on any atom is 0.338 e. The van der Waals surface area contributed by atoms with Crippen molar-refractivity contribution < 1.29 is 28.7 Å².